The molecule has 154 valence electrons. The molecule has 1 aliphatic heterocycles. The third-order valence-electron chi connectivity index (χ3n) is 5.32. The summed E-state index contributed by atoms with van der Waals surface area (Å²) in [6, 6.07) is 12.2. The molecule has 0 aromatic heterocycles. The number of rotatable bonds is 6. The molecule has 0 bridgehead atoms. The predicted molar refractivity (Wildman–Crippen MR) is 107 cm³/mol. The van der Waals surface area contributed by atoms with E-state index in [0.29, 0.717) is 32.5 Å². The summed E-state index contributed by atoms with van der Waals surface area (Å²) in [5.74, 6) is -1.77. The molecule has 1 aliphatic rings. The molecule has 0 saturated carbocycles. The maximum Gasteiger partial charge on any atom is 0.241 e. The number of amides is 2. The van der Waals surface area contributed by atoms with Gasteiger partial charge in [-0.2, -0.15) is 0 Å². The number of hydrogen-bond acceptors (Lipinski definition) is 3. The highest BCUT2D eigenvalue weighted by Gasteiger charge is 2.30. The van der Waals surface area contributed by atoms with Crippen LogP contribution in [-0.2, 0) is 16.1 Å². The molecule has 5 nitrogen and oxygen atoms in total. The van der Waals surface area contributed by atoms with Crippen molar-refractivity contribution < 1.29 is 18.4 Å². The second-order valence-electron chi connectivity index (χ2n) is 7.30. The molecule has 0 unspecified atom stereocenters. The van der Waals surface area contributed by atoms with Gasteiger partial charge < -0.3 is 10.6 Å². The van der Waals surface area contributed by atoms with E-state index in [2.05, 4.69) is 10.6 Å². The Labute approximate surface area is 169 Å². The van der Waals surface area contributed by atoms with E-state index < -0.39 is 23.6 Å². The number of carbonyl (C=O) groups is 2. The van der Waals surface area contributed by atoms with Crippen molar-refractivity contribution in [1.82, 2.24) is 10.2 Å². The zero-order chi connectivity index (χ0) is 20.8. The van der Waals surface area contributed by atoms with Gasteiger partial charge in [0.05, 0.1) is 11.7 Å². The quantitative estimate of drug-likeness (QED) is 0.781. The minimum absolute atomic E-state index is 0.0208. The Bertz CT molecular complexity index is 852. The van der Waals surface area contributed by atoms with Crippen LogP contribution in [0.2, 0.25) is 0 Å². The van der Waals surface area contributed by atoms with Gasteiger partial charge in [-0.05, 0) is 50.6 Å². The van der Waals surface area contributed by atoms with Crippen LogP contribution in [0.15, 0.2) is 48.5 Å². The molecule has 0 aliphatic carbocycles. The Morgan fingerprint density at radius 2 is 1.79 bits per heavy atom. The molecule has 29 heavy (non-hydrogen) atoms. The summed E-state index contributed by atoms with van der Waals surface area (Å²) in [4.78, 5) is 26.8. The summed E-state index contributed by atoms with van der Waals surface area (Å²) in [5.41, 5.74) is 0.880. The van der Waals surface area contributed by atoms with Gasteiger partial charge in [-0.15, -0.1) is 0 Å². The minimum atomic E-state index is -0.680. The van der Waals surface area contributed by atoms with E-state index in [4.69, 9.17) is 0 Å². The molecule has 1 saturated heterocycles. The number of piperidine rings is 1. The van der Waals surface area contributed by atoms with E-state index >= 15 is 0 Å². The zero-order valence-electron chi connectivity index (χ0n) is 16.3. The van der Waals surface area contributed by atoms with Gasteiger partial charge in [0.2, 0.25) is 11.8 Å². The first-order chi connectivity index (χ1) is 13.9. The summed E-state index contributed by atoms with van der Waals surface area (Å²) >= 11 is 0. The summed E-state index contributed by atoms with van der Waals surface area (Å²) in [7, 11) is 0. The fourth-order valence-electron chi connectivity index (χ4n) is 3.47. The lowest BCUT2D eigenvalue weighted by molar-refractivity contribution is -0.127. The highest BCUT2D eigenvalue weighted by molar-refractivity contribution is 5.94. The van der Waals surface area contributed by atoms with Gasteiger partial charge in [0, 0.05) is 18.5 Å². The third kappa shape index (κ3) is 5.60. The Kier molecular flexibility index (Phi) is 6.93. The first-order valence-electron chi connectivity index (χ1n) is 9.75. The standard InChI is InChI=1S/C22H25F2N3O2/c1-15(21(28)26-20-13-18(23)7-8-19(20)24)27-11-9-17(10-12-27)22(29)25-14-16-5-3-2-4-6-16/h2-8,13,15,17H,9-12,14H2,1H3,(H,25,29)(H,26,28)/t15-/m1/s1. The van der Waals surface area contributed by atoms with Gasteiger partial charge in [0.25, 0.3) is 0 Å². The van der Waals surface area contributed by atoms with Crippen molar-refractivity contribution in [3.63, 3.8) is 0 Å². The Morgan fingerprint density at radius 3 is 2.48 bits per heavy atom. The molecule has 2 aromatic carbocycles. The Morgan fingerprint density at radius 1 is 1.10 bits per heavy atom. The average Bonchev–Trinajstić information content (AvgIpc) is 2.75. The van der Waals surface area contributed by atoms with Gasteiger partial charge in [-0.25, -0.2) is 8.78 Å². The Balaban J connectivity index is 1.47. The van der Waals surface area contributed by atoms with Crippen LogP contribution in [0.25, 0.3) is 0 Å². The maximum atomic E-state index is 13.7. The molecule has 0 radical (unpaired) electrons. The molecular weight excluding hydrogens is 376 g/mol. The van der Waals surface area contributed by atoms with Gasteiger partial charge in [0.1, 0.15) is 11.6 Å². The van der Waals surface area contributed by atoms with E-state index in [1.165, 1.54) is 0 Å². The largest absolute Gasteiger partial charge is 0.352 e. The van der Waals surface area contributed by atoms with Crippen LogP contribution >= 0.6 is 0 Å². The SMILES string of the molecule is C[C@H](C(=O)Nc1cc(F)ccc1F)N1CCC(C(=O)NCc2ccccc2)CC1. The second kappa shape index (κ2) is 9.60. The number of halogens is 2. The third-order valence-corrected chi connectivity index (χ3v) is 5.32. The topological polar surface area (TPSA) is 61.4 Å². The fraction of sp³-hybridized carbons (Fsp3) is 0.364. The van der Waals surface area contributed by atoms with Crippen LogP contribution < -0.4 is 10.6 Å². The van der Waals surface area contributed by atoms with Crippen molar-refractivity contribution in [2.45, 2.75) is 32.4 Å². The van der Waals surface area contributed by atoms with E-state index in [0.717, 1.165) is 23.8 Å². The molecule has 2 amide bonds. The van der Waals surface area contributed by atoms with Crippen LogP contribution in [-0.4, -0.2) is 35.8 Å². The molecule has 1 atom stereocenters. The lowest BCUT2D eigenvalue weighted by Gasteiger charge is -2.34. The van der Waals surface area contributed by atoms with Crippen molar-refractivity contribution in [3.05, 3.63) is 65.7 Å². The van der Waals surface area contributed by atoms with E-state index in [1.54, 1.807) is 6.92 Å². The monoisotopic (exact) mass is 401 g/mol. The van der Waals surface area contributed by atoms with Crippen molar-refractivity contribution in [1.29, 1.82) is 0 Å². The lowest BCUT2D eigenvalue weighted by atomic mass is 9.94. The summed E-state index contributed by atoms with van der Waals surface area (Å²) in [6.07, 6.45) is 1.29. The fourth-order valence-corrected chi connectivity index (χ4v) is 3.47. The van der Waals surface area contributed by atoms with E-state index in [-0.39, 0.29) is 17.5 Å². The van der Waals surface area contributed by atoms with Gasteiger partial charge in [-0.1, -0.05) is 30.3 Å². The number of nitrogens with one attached hydrogen (secondary N) is 2. The van der Waals surface area contributed by atoms with Crippen LogP contribution in [0.3, 0.4) is 0 Å². The number of anilines is 1. The average molecular weight is 401 g/mol. The molecule has 7 heteroatoms. The van der Waals surface area contributed by atoms with Crippen LogP contribution in [0.5, 0.6) is 0 Å². The van der Waals surface area contributed by atoms with Crippen molar-refractivity contribution in [2.24, 2.45) is 5.92 Å². The second-order valence-corrected chi connectivity index (χ2v) is 7.30. The smallest absolute Gasteiger partial charge is 0.241 e. The van der Waals surface area contributed by atoms with Gasteiger partial charge in [0.15, 0.2) is 0 Å². The summed E-state index contributed by atoms with van der Waals surface area (Å²) in [6.45, 7) is 3.40. The Hall–Kier alpha value is -2.80. The van der Waals surface area contributed by atoms with Crippen LogP contribution in [0, 0.1) is 17.6 Å². The van der Waals surface area contributed by atoms with E-state index in [9.17, 15) is 18.4 Å². The normalized spacial score (nSPS) is 16.2. The molecule has 2 aromatic rings. The predicted octanol–water partition coefficient (Wildman–Crippen LogP) is 3.32. The first kappa shape index (κ1) is 20.9. The number of likely N-dealkylation sites (tertiary alicyclic amines) is 1. The number of carbonyl (C=O) groups excluding carboxylic acids is 2. The number of benzene rings is 2. The van der Waals surface area contributed by atoms with Gasteiger partial charge >= 0.3 is 0 Å². The van der Waals surface area contributed by atoms with Crippen molar-refractivity contribution in [2.75, 3.05) is 18.4 Å². The molecule has 0 spiro atoms. The van der Waals surface area contributed by atoms with Gasteiger partial charge in [-0.3, -0.25) is 14.5 Å². The first-order valence-corrected chi connectivity index (χ1v) is 9.75. The molecular formula is C22H25F2N3O2. The number of hydrogen-bond donors (Lipinski definition) is 2. The van der Waals surface area contributed by atoms with Crippen LogP contribution in [0.4, 0.5) is 14.5 Å². The van der Waals surface area contributed by atoms with Crippen molar-refractivity contribution in [3.8, 4) is 0 Å². The zero-order valence-corrected chi connectivity index (χ0v) is 16.3. The molecule has 1 heterocycles. The molecule has 3 rings (SSSR count). The summed E-state index contributed by atoms with van der Waals surface area (Å²) < 4.78 is 27.0. The number of nitrogens with zero attached hydrogens (tertiary/aromatic N) is 1. The highest BCUT2D eigenvalue weighted by Crippen LogP contribution is 2.21. The highest BCUT2D eigenvalue weighted by atomic mass is 19.1. The molecule has 2 N–H and O–H groups in total. The maximum absolute atomic E-state index is 13.7. The minimum Gasteiger partial charge on any atom is -0.352 e. The van der Waals surface area contributed by atoms with Crippen LogP contribution in [0.1, 0.15) is 25.3 Å². The van der Waals surface area contributed by atoms with Crippen molar-refractivity contribution >= 4 is 17.5 Å². The van der Waals surface area contributed by atoms with E-state index in [1.807, 2.05) is 35.2 Å². The summed E-state index contributed by atoms with van der Waals surface area (Å²) in [5, 5.41) is 5.41. The molecule has 1 fully saturated rings. The lowest BCUT2D eigenvalue weighted by Crippen LogP contribution is -2.48.